The fourth-order valence-electron chi connectivity index (χ4n) is 4.21. The van der Waals surface area contributed by atoms with Crippen LogP contribution >= 0.6 is 0 Å². The monoisotopic (exact) mass is 457 g/mol. The summed E-state index contributed by atoms with van der Waals surface area (Å²) < 4.78 is 41.2. The normalized spacial score (nSPS) is 15.1. The first-order valence-electron chi connectivity index (χ1n) is 10.3. The van der Waals surface area contributed by atoms with Crippen LogP contribution in [0.1, 0.15) is 34.1 Å². The zero-order chi connectivity index (χ0) is 23.7. The molecule has 2 aromatic carbocycles. The number of rotatable bonds is 8. The van der Waals surface area contributed by atoms with Crippen molar-refractivity contribution in [2.24, 2.45) is 0 Å². The van der Waals surface area contributed by atoms with Crippen molar-refractivity contribution in [1.29, 1.82) is 0 Å². The van der Waals surface area contributed by atoms with Crippen LogP contribution in [0.15, 0.2) is 39.5 Å². The molecule has 0 fully saturated rings. The van der Waals surface area contributed by atoms with Gasteiger partial charge in [-0.05, 0) is 42.3 Å². The fourth-order valence-corrected chi connectivity index (χ4v) is 4.21. The minimum absolute atomic E-state index is 0.0599. The number of methoxy groups -OCH3 is 4. The summed E-state index contributed by atoms with van der Waals surface area (Å²) in [5, 5.41) is 0.0673. The van der Waals surface area contributed by atoms with E-state index in [2.05, 4.69) is 0 Å². The third-order valence-electron chi connectivity index (χ3n) is 5.68. The van der Waals surface area contributed by atoms with Gasteiger partial charge in [-0.25, -0.2) is 4.39 Å². The highest BCUT2D eigenvalue weighted by Gasteiger charge is 2.43. The van der Waals surface area contributed by atoms with E-state index in [4.69, 9.17) is 23.4 Å². The molecule has 0 saturated carbocycles. The number of carbonyl (C=O) groups is 1. The van der Waals surface area contributed by atoms with E-state index in [-0.39, 0.29) is 22.3 Å². The maximum Gasteiger partial charge on any atom is 0.290 e. The predicted octanol–water partition coefficient (Wildman–Crippen LogP) is 3.54. The van der Waals surface area contributed by atoms with Crippen molar-refractivity contribution >= 4 is 16.9 Å². The molecule has 8 nitrogen and oxygen atoms in total. The maximum absolute atomic E-state index is 13.9. The molecule has 0 aliphatic carbocycles. The maximum atomic E-state index is 13.9. The lowest BCUT2D eigenvalue weighted by molar-refractivity contribution is 0.0707. The second-order valence-corrected chi connectivity index (χ2v) is 7.52. The molecule has 9 heteroatoms. The van der Waals surface area contributed by atoms with Gasteiger partial charge >= 0.3 is 0 Å². The minimum Gasteiger partial charge on any atom is -0.493 e. The van der Waals surface area contributed by atoms with Gasteiger partial charge in [0.2, 0.25) is 11.5 Å². The van der Waals surface area contributed by atoms with Crippen LogP contribution in [0.2, 0.25) is 0 Å². The lowest BCUT2D eigenvalue weighted by Gasteiger charge is -2.26. The molecule has 0 N–H and O–H groups in total. The molecule has 33 heavy (non-hydrogen) atoms. The van der Waals surface area contributed by atoms with Gasteiger partial charge < -0.3 is 28.3 Å². The van der Waals surface area contributed by atoms with Crippen LogP contribution in [-0.2, 0) is 4.74 Å². The van der Waals surface area contributed by atoms with Crippen molar-refractivity contribution < 1.29 is 32.5 Å². The largest absolute Gasteiger partial charge is 0.493 e. The van der Waals surface area contributed by atoms with Crippen LogP contribution in [0.25, 0.3) is 11.0 Å². The minimum atomic E-state index is -0.790. The summed E-state index contributed by atoms with van der Waals surface area (Å²) in [4.78, 5) is 28.4. The lowest BCUT2D eigenvalue weighted by Crippen LogP contribution is -2.31. The highest BCUT2D eigenvalue weighted by atomic mass is 19.1. The summed E-state index contributed by atoms with van der Waals surface area (Å²) in [7, 11) is 6.02. The number of ether oxygens (including phenoxy) is 4. The van der Waals surface area contributed by atoms with E-state index in [1.807, 2.05) is 0 Å². The number of amides is 1. The highest BCUT2D eigenvalue weighted by molar-refractivity contribution is 5.99. The Hall–Kier alpha value is -3.59. The summed E-state index contributed by atoms with van der Waals surface area (Å²) in [6, 6.07) is 6.24. The third-order valence-corrected chi connectivity index (χ3v) is 5.68. The summed E-state index contributed by atoms with van der Waals surface area (Å²) in [5.74, 6) is 0.0762. The van der Waals surface area contributed by atoms with Crippen molar-refractivity contribution in [2.45, 2.75) is 12.5 Å². The Labute approximate surface area is 189 Å². The molecule has 0 spiro atoms. The summed E-state index contributed by atoms with van der Waals surface area (Å²) in [5.41, 5.74) is 0.393. The van der Waals surface area contributed by atoms with E-state index in [1.54, 1.807) is 24.1 Å². The molecule has 174 valence electrons. The molecular weight excluding hydrogens is 433 g/mol. The Morgan fingerprint density at radius 3 is 2.30 bits per heavy atom. The van der Waals surface area contributed by atoms with E-state index in [1.165, 1.54) is 33.5 Å². The van der Waals surface area contributed by atoms with Gasteiger partial charge in [-0.15, -0.1) is 0 Å². The molecule has 1 atom stereocenters. The number of nitrogens with zero attached hydrogens (tertiary/aromatic N) is 1. The van der Waals surface area contributed by atoms with Crippen LogP contribution < -0.4 is 19.6 Å². The summed E-state index contributed by atoms with van der Waals surface area (Å²) in [6.45, 7) is 0.735. The van der Waals surface area contributed by atoms with Crippen molar-refractivity contribution in [1.82, 2.24) is 4.90 Å². The van der Waals surface area contributed by atoms with Gasteiger partial charge in [0.05, 0.1) is 38.3 Å². The SMILES string of the molecule is COCCCN1C(=O)c2oc3ccc(F)cc3c(=O)c2C1c1cc(OC)c(OC)c(OC)c1. The topological polar surface area (TPSA) is 87.4 Å². The number of hydrogen-bond donors (Lipinski definition) is 0. The molecule has 2 heterocycles. The van der Waals surface area contributed by atoms with Gasteiger partial charge in [0.1, 0.15) is 11.4 Å². The molecule has 1 aliphatic heterocycles. The van der Waals surface area contributed by atoms with E-state index in [9.17, 15) is 14.0 Å². The average molecular weight is 457 g/mol. The second kappa shape index (κ2) is 9.11. The Kier molecular flexibility index (Phi) is 6.24. The van der Waals surface area contributed by atoms with Gasteiger partial charge in [0, 0.05) is 20.3 Å². The van der Waals surface area contributed by atoms with Crippen molar-refractivity contribution in [2.75, 3.05) is 41.6 Å². The average Bonchev–Trinajstić information content (AvgIpc) is 3.10. The molecule has 0 bridgehead atoms. The molecule has 1 aromatic heterocycles. The van der Waals surface area contributed by atoms with Crippen LogP contribution in [0, 0.1) is 5.82 Å². The standard InChI is InChI=1S/C24H24FNO7/c1-29-9-5-8-26-20(13-10-17(30-2)22(32-4)18(11-13)31-3)19-21(27)15-12-14(25)6-7-16(15)33-23(19)24(26)28/h6-7,10-12,20H,5,8-9H2,1-4H3. The Bertz CT molecular complexity index is 1240. The first-order valence-corrected chi connectivity index (χ1v) is 10.3. The molecule has 1 amide bonds. The van der Waals surface area contributed by atoms with Gasteiger partial charge in [0.25, 0.3) is 5.91 Å². The van der Waals surface area contributed by atoms with Gasteiger partial charge in [-0.3, -0.25) is 9.59 Å². The molecule has 0 saturated heterocycles. The van der Waals surface area contributed by atoms with Gasteiger partial charge in [0.15, 0.2) is 16.9 Å². The van der Waals surface area contributed by atoms with Crippen molar-refractivity contribution in [3.63, 3.8) is 0 Å². The first-order chi connectivity index (χ1) is 15.9. The van der Waals surface area contributed by atoms with Crippen LogP contribution in [0.3, 0.4) is 0 Å². The number of carbonyl (C=O) groups excluding carboxylic acids is 1. The molecule has 0 radical (unpaired) electrons. The van der Waals surface area contributed by atoms with E-state index >= 15 is 0 Å². The molecule has 4 rings (SSSR count). The zero-order valence-electron chi connectivity index (χ0n) is 18.8. The molecule has 1 unspecified atom stereocenters. The Balaban J connectivity index is 1.97. The Morgan fingerprint density at radius 2 is 1.70 bits per heavy atom. The molecule has 1 aliphatic rings. The number of fused-ring (bicyclic) bond motifs is 2. The van der Waals surface area contributed by atoms with Crippen molar-refractivity contribution in [3.8, 4) is 17.2 Å². The van der Waals surface area contributed by atoms with E-state index in [0.717, 1.165) is 6.07 Å². The summed E-state index contributed by atoms with van der Waals surface area (Å²) in [6.07, 6.45) is 0.541. The smallest absolute Gasteiger partial charge is 0.290 e. The first kappa shape index (κ1) is 22.6. The van der Waals surface area contributed by atoms with Crippen LogP contribution in [0.4, 0.5) is 4.39 Å². The van der Waals surface area contributed by atoms with E-state index < -0.39 is 23.2 Å². The lowest BCUT2D eigenvalue weighted by atomic mass is 9.97. The van der Waals surface area contributed by atoms with E-state index in [0.29, 0.717) is 42.4 Å². The quantitative estimate of drug-likeness (QED) is 0.478. The Morgan fingerprint density at radius 1 is 1.00 bits per heavy atom. The zero-order valence-corrected chi connectivity index (χ0v) is 18.8. The highest BCUT2D eigenvalue weighted by Crippen LogP contribution is 2.45. The third kappa shape index (κ3) is 3.78. The summed E-state index contributed by atoms with van der Waals surface area (Å²) >= 11 is 0. The number of halogens is 1. The number of hydrogen-bond acceptors (Lipinski definition) is 7. The van der Waals surface area contributed by atoms with Crippen LogP contribution in [0.5, 0.6) is 17.2 Å². The number of benzene rings is 2. The molecular formula is C24H24FNO7. The van der Waals surface area contributed by atoms with Crippen LogP contribution in [-0.4, -0.2) is 52.4 Å². The van der Waals surface area contributed by atoms with Gasteiger partial charge in [-0.1, -0.05) is 0 Å². The van der Waals surface area contributed by atoms with Gasteiger partial charge in [-0.2, -0.15) is 0 Å². The molecule has 3 aromatic rings. The fraction of sp³-hybridized carbons (Fsp3) is 0.333. The predicted molar refractivity (Wildman–Crippen MR) is 118 cm³/mol. The van der Waals surface area contributed by atoms with Crippen molar-refractivity contribution in [3.05, 3.63) is 63.3 Å². The second-order valence-electron chi connectivity index (χ2n) is 7.52.